The largest absolute Gasteiger partial charge is 0.339 e. The van der Waals surface area contributed by atoms with E-state index < -0.39 is 0 Å². The Hall–Kier alpha value is -3.80. The summed E-state index contributed by atoms with van der Waals surface area (Å²) in [4.78, 5) is 19.2. The fourth-order valence-electron chi connectivity index (χ4n) is 3.31. The van der Waals surface area contributed by atoms with Gasteiger partial charge in [0.1, 0.15) is 5.82 Å². The Labute approximate surface area is 180 Å². The molecule has 1 aromatic heterocycles. The van der Waals surface area contributed by atoms with E-state index in [1.807, 2.05) is 65.6 Å². The molecule has 6 heteroatoms. The first-order chi connectivity index (χ1) is 15.2. The van der Waals surface area contributed by atoms with Crippen molar-refractivity contribution in [1.82, 2.24) is 15.0 Å². The molecule has 31 heavy (non-hydrogen) atoms. The topological polar surface area (TPSA) is 59.2 Å². The summed E-state index contributed by atoms with van der Waals surface area (Å²) in [5.41, 5.74) is 2.67. The van der Waals surface area contributed by atoms with Gasteiger partial charge in [-0.05, 0) is 23.3 Å². The molecule has 0 N–H and O–H groups in total. The second-order valence-corrected chi connectivity index (χ2v) is 7.24. The summed E-state index contributed by atoms with van der Waals surface area (Å²) < 4.78 is 18.7. The molecule has 1 amide bonds. The van der Waals surface area contributed by atoms with Gasteiger partial charge in [-0.2, -0.15) is 4.98 Å². The van der Waals surface area contributed by atoms with E-state index in [4.69, 9.17) is 4.52 Å². The zero-order valence-electron chi connectivity index (χ0n) is 16.9. The Morgan fingerprint density at radius 1 is 0.871 bits per heavy atom. The van der Waals surface area contributed by atoms with Crippen LogP contribution in [-0.4, -0.2) is 20.9 Å². The zero-order valence-corrected chi connectivity index (χ0v) is 16.9. The smallest absolute Gasteiger partial charge is 0.227 e. The summed E-state index contributed by atoms with van der Waals surface area (Å²) in [6, 6.07) is 25.8. The molecule has 0 saturated heterocycles. The quantitative estimate of drug-likeness (QED) is 0.405. The standard InChI is InChI=1S/C25H22FN3O2/c26-22-13-7-12-21(16-22)25-27-23(31-28-25)14-15-24(30)29(17-19-8-3-1-4-9-19)18-20-10-5-2-6-11-20/h1-13,16H,14-15,17-18H2. The van der Waals surface area contributed by atoms with Gasteiger partial charge in [0, 0.05) is 31.5 Å². The number of amides is 1. The molecule has 0 aliphatic heterocycles. The molecule has 4 rings (SSSR count). The summed E-state index contributed by atoms with van der Waals surface area (Å²) in [6.07, 6.45) is 0.561. The van der Waals surface area contributed by atoms with Gasteiger partial charge < -0.3 is 9.42 Å². The first-order valence-corrected chi connectivity index (χ1v) is 10.1. The Morgan fingerprint density at radius 3 is 2.13 bits per heavy atom. The molecule has 0 atom stereocenters. The molecule has 0 unspecified atom stereocenters. The minimum atomic E-state index is -0.364. The number of hydrogen-bond donors (Lipinski definition) is 0. The molecule has 0 bridgehead atoms. The Bertz CT molecular complexity index is 1090. The van der Waals surface area contributed by atoms with E-state index in [0.717, 1.165) is 11.1 Å². The molecular weight excluding hydrogens is 393 g/mol. The number of aryl methyl sites for hydroxylation is 1. The van der Waals surface area contributed by atoms with Crippen LogP contribution in [0.3, 0.4) is 0 Å². The van der Waals surface area contributed by atoms with Gasteiger partial charge in [0.05, 0.1) is 0 Å². The van der Waals surface area contributed by atoms with Gasteiger partial charge in [0.25, 0.3) is 0 Å². The predicted molar refractivity (Wildman–Crippen MR) is 115 cm³/mol. The van der Waals surface area contributed by atoms with Gasteiger partial charge in [-0.15, -0.1) is 0 Å². The van der Waals surface area contributed by atoms with Crippen LogP contribution < -0.4 is 0 Å². The average molecular weight is 415 g/mol. The maximum atomic E-state index is 13.4. The Kier molecular flexibility index (Phi) is 6.47. The first kappa shape index (κ1) is 20.5. The van der Waals surface area contributed by atoms with Crippen molar-refractivity contribution in [1.29, 1.82) is 0 Å². The van der Waals surface area contributed by atoms with E-state index in [1.165, 1.54) is 12.1 Å². The van der Waals surface area contributed by atoms with Crippen LogP contribution >= 0.6 is 0 Å². The van der Waals surface area contributed by atoms with Crippen molar-refractivity contribution in [2.75, 3.05) is 0 Å². The van der Waals surface area contributed by atoms with Gasteiger partial charge in [-0.1, -0.05) is 78.0 Å². The lowest BCUT2D eigenvalue weighted by Gasteiger charge is -2.23. The van der Waals surface area contributed by atoms with E-state index in [0.29, 0.717) is 36.8 Å². The predicted octanol–water partition coefficient (Wildman–Crippen LogP) is 5.04. The van der Waals surface area contributed by atoms with Crippen molar-refractivity contribution in [2.45, 2.75) is 25.9 Å². The van der Waals surface area contributed by atoms with Crippen molar-refractivity contribution < 1.29 is 13.7 Å². The van der Waals surface area contributed by atoms with E-state index in [2.05, 4.69) is 10.1 Å². The van der Waals surface area contributed by atoms with Gasteiger partial charge in [-0.3, -0.25) is 4.79 Å². The summed E-state index contributed by atoms with van der Waals surface area (Å²) in [6.45, 7) is 1.04. The molecule has 5 nitrogen and oxygen atoms in total. The number of halogens is 1. The molecule has 0 fully saturated rings. The molecule has 0 spiro atoms. The molecule has 1 heterocycles. The van der Waals surface area contributed by atoms with Crippen LogP contribution in [0.1, 0.15) is 23.4 Å². The molecule has 0 aliphatic rings. The van der Waals surface area contributed by atoms with Gasteiger partial charge >= 0.3 is 0 Å². The van der Waals surface area contributed by atoms with Crippen LogP contribution in [0, 0.1) is 5.82 Å². The summed E-state index contributed by atoms with van der Waals surface area (Å²) in [5.74, 6) is 0.300. The number of carbonyl (C=O) groups excluding carboxylic acids is 1. The van der Waals surface area contributed by atoms with E-state index >= 15 is 0 Å². The van der Waals surface area contributed by atoms with Crippen LogP contribution in [-0.2, 0) is 24.3 Å². The highest BCUT2D eigenvalue weighted by molar-refractivity contribution is 5.76. The second-order valence-electron chi connectivity index (χ2n) is 7.24. The molecule has 4 aromatic rings. The highest BCUT2D eigenvalue weighted by Gasteiger charge is 2.17. The highest BCUT2D eigenvalue weighted by Crippen LogP contribution is 2.18. The number of benzene rings is 3. The third-order valence-corrected chi connectivity index (χ3v) is 4.89. The van der Waals surface area contributed by atoms with Crippen LogP contribution in [0.25, 0.3) is 11.4 Å². The lowest BCUT2D eigenvalue weighted by molar-refractivity contribution is -0.132. The number of carbonyl (C=O) groups is 1. The van der Waals surface area contributed by atoms with E-state index in [1.54, 1.807) is 12.1 Å². The van der Waals surface area contributed by atoms with Crippen LogP contribution in [0.15, 0.2) is 89.5 Å². The third kappa shape index (κ3) is 5.63. The average Bonchev–Trinajstić information content (AvgIpc) is 3.28. The molecular formula is C25H22FN3O2. The molecule has 3 aromatic carbocycles. The molecule has 0 saturated carbocycles. The van der Waals surface area contributed by atoms with Crippen LogP contribution in [0.2, 0.25) is 0 Å². The number of aromatic nitrogens is 2. The molecule has 0 radical (unpaired) electrons. The lowest BCUT2D eigenvalue weighted by atomic mass is 10.1. The van der Waals surface area contributed by atoms with Crippen molar-refractivity contribution in [3.05, 3.63) is 108 Å². The Morgan fingerprint density at radius 2 is 1.52 bits per heavy atom. The van der Waals surface area contributed by atoms with Crippen LogP contribution in [0.5, 0.6) is 0 Å². The first-order valence-electron chi connectivity index (χ1n) is 10.1. The molecule has 156 valence electrons. The van der Waals surface area contributed by atoms with E-state index in [-0.39, 0.29) is 18.1 Å². The number of hydrogen-bond acceptors (Lipinski definition) is 4. The van der Waals surface area contributed by atoms with Crippen molar-refractivity contribution in [2.24, 2.45) is 0 Å². The second kappa shape index (κ2) is 9.80. The molecule has 0 aliphatic carbocycles. The number of rotatable bonds is 8. The summed E-state index contributed by atoms with van der Waals surface area (Å²) >= 11 is 0. The Balaban J connectivity index is 1.43. The maximum Gasteiger partial charge on any atom is 0.227 e. The fourth-order valence-corrected chi connectivity index (χ4v) is 3.31. The lowest BCUT2D eigenvalue weighted by Crippen LogP contribution is -2.30. The minimum absolute atomic E-state index is 0.00166. The van der Waals surface area contributed by atoms with Gasteiger partial charge in [0.15, 0.2) is 0 Å². The summed E-state index contributed by atoms with van der Waals surface area (Å²) in [5, 5.41) is 3.91. The van der Waals surface area contributed by atoms with Crippen molar-refractivity contribution in [3.63, 3.8) is 0 Å². The maximum absolute atomic E-state index is 13.4. The van der Waals surface area contributed by atoms with Gasteiger partial charge in [-0.25, -0.2) is 4.39 Å². The minimum Gasteiger partial charge on any atom is -0.339 e. The zero-order chi connectivity index (χ0) is 21.5. The highest BCUT2D eigenvalue weighted by atomic mass is 19.1. The van der Waals surface area contributed by atoms with Gasteiger partial charge in [0.2, 0.25) is 17.6 Å². The third-order valence-electron chi connectivity index (χ3n) is 4.89. The fraction of sp³-hybridized carbons (Fsp3) is 0.160. The van der Waals surface area contributed by atoms with Crippen LogP contribution in [0.4, 0.5) is 4.39 Å². The monoisotopic (exact) mass is 415 g/mol. The normalized spacial score (nSPS) is 10.7. The SMILES string of the molecule is O=C(CCc1nc(-c2cccc(F)c2)no1)N(Cc1ccccc1)Cc1ccccc1. The van der Waals surface area contributed by atoms with Crippen molar-refractivity contribution in [3.8, 4) is 11.4 Å². The number of nitrogens with zero attached hydrogens (tertiary/aromatic N) is 3. The summed E-state index contributed by atoms with van der Waals surface area (Å²) in [7, 11) is 0. The van der Waals surface area contributed by atoms with Crippen molar-refractivity contribution >= 4 is 5.91 Å². The van der Waals surface area contributed by atoms with E-state index in [9.17, 15) is 9.18 Å².